The van der Waals surface area contributed by atoms with E-state index in [0.29, 0.717) is 6.04 Å². The molecule has 2 fully saturated rings. The Morgan fingerprint density at radius 1 is 0.828 bits per heavy atom. The van der Waals surface area contributed by atoms with Gasteiger partial charge in [0.1, 0.15) is 0 Å². The smallest absolute Gasteiger partial charge is 0.322 e. The van der Waals surface area contributed by atoms with E-state index >= 15 is 0 Å². The fourth-order valence-electron chi connectivity index (χ4n) is 5.23. The number of para-hydroxylation sites is 1. The zero-order valence-electron chi connectivity index (χ0n) is 16.8. The van der Waals surface area contributed by atoms with Crippen LogP contribution < -0.4 is 5.32 Å². The molecule has 0 aromatic heterocycles. The number of likely N-dealkylation sites (tertiary alicyclic amines) is 1. The Bertz CT molecular complexity index is 842. The van der Waals surface area contributed by atoms with Crippen LogP contribution in [-0.2, 0) is 4.74 Å². The maximum Gasteiger partial charge on any atom is 0.322 e. The lowest BCUT2D eigenvalue weighted by molar-refractivity contribution is 0.0152. The lowest BCUT2D eigenvalue weighted by atomic mass is 9.90. The minimum atomic E-state index is -0.0271. The van der Waals surface area contributed by atoms with Crippen LogP contribution in [0.5, 0.6) is 0 Å². The van der Waals surface area contributed by atoms with Crippen LogP contribution in [0.25, 0.3) is 0 Å². The molecule has 0 spiro atoms. The normalized spacial score (nSPS) is 24.2. The van der Waals surface area contributed by atoms with Crippen molar-refractivity contribution in [2.75, 3.05) is 31.6 Å². The average Bonchev–Trinajstić information content (AvgIpc) is 2.79. The van der Waals surface area contributed by atoms with Crippen molar-refractivity contribution in [1.29, 1.82) is 0 Å². The molecule has 0 radical (unpaired) electrons. The zero-order chi connectivity index (χ0) is 19.6. The van der Waals surface area contributed by atoms with Gasteiger partial charge in [0.2, 0.25) is 0 Å². The quantitative estimate of drug-likeness (QED) is 0.850. The Balaban J connectivity index is 1.40. The first-order valence-corrected chi connectivity index (χ1v) is 10.9. The lowest BCUT2D eigenvalue weighted by Gasteiger charge is -2.47. The Labute approximate surface area is 172 Å². The molecule has 0 aliphatic carbocycles. The second-order valence-electron chi connectivity index (χ2n) is 8.35. The summed E-state index contributed by atoms with van der Waals surface area (Å²) in [5.74, 6) is 0. The van der Waals surface area contributed by atoms with Gasteiger partial charge in [0.05, 0.1) is 6.04 Å². The molecule has 0 saturated carbocycles. The molecule has 1 unspecified atom stereocenters. The summed E-state index contributed by atoms with van der Waals surface area (Å²) < 4.78 is 5.53. The third kappa shape index (κ3) is 3.65. The number of nitrogens with one attached hydrogen (secondary N) is 1. The standard InChI is InChI=1S/C24H29N3O2/c28-24-25-22-9-5-4-8-21(22)23(18-6-2-1-3-7-18)27(24)20-10-14-26(15-11-20)19-12-16-29-17-13-19/h1-9,19-20,23H,10-17H2,(H,25,28). The van der Waals surface area contributed by atoms with E-state index in [-0.39, 0.29) is 18.1 Å². The summed E-state index contributed by atoms with van der Waals surface area (Å²) in [5.41, 5.74) is 3.30. The van der Waals surface area contributed by atoms with Crippen molar-refractivity contribution in [2.45, 2.75) is 43.8 Å². The summed E-state index contributed by atoms with van der Waals surface area (Å²) in [6.07, 6.45) is 4.32. The molecule has 29 heavy (non-hydrogen) atoms. The van der Waals surface area contributed by atoms with Gasteiger partial charge in [0.15, 0.2) is 0 Å². The Morgan fingerprint density at radius 2 is 1.52 bits per heavy atom. The van der Waals surface area contributed by atoms with Crippen LogP contribution in [0, 0.1) is 0 Å². The first-order valence-electron chi connectivity index (χ1n) is 10.9. The van der Waals surface area contributed by atoms with Gasteiger partial charge in [-0.1, -0.05) is 48.5 Å². The third-order valence-corrected chi connectivity index (χ3v) is 6.72. The molecule has 3 aliphatic heterocycles. The Kier molecular flexibility index (Phi) is 5.25. The van der Waals surface area contributed by atoms with Crippen molar-refractivity contribution in [3.63, 3.8) is 0 Å². The molecule has 2 aromatic rings. The fraction of sp³-hybridized carbons (Fsp3) is 0.458. The number of carbonyl (C=O) groups excluding carboxylic acids is 1. The zero-order valence-corrected chi connectivity index (χ0v) is 16.8. The van der Waals surface area contributed by atoms with Crippen LogP contribution in [0.2, 0.25) is 0 Å². The van der Waals surface area contributed by atoms with E-state index in [1.165, 1.54) is 11.1 Å². The minimum Gasteiger partial charge on any atom is -0.381 e. The number of urea groups is 1. The first-order chi connectivity index (χ1) is 14.3. The predicted molar refractivity (Wildman–Crippen MR) is 114 cm³/mol. The summed E-state index contributed by atoms with van der Waals surface area (Å²) in [4.78, 5) is 17.9. The van der Waals surface area contributed by atoms with Crippen LogP contribution in [0.3, 0.4) is 0 Å². The van der Waals surface area contributed by atoms with Gasteiger partial charge < -0.3 is 19.9 Å². The number of ether oxygens (including phenoxy) is 1. The first kappa shape index (κ1) is 18.6. The van der Waals surface area contributed by atoms with Gasteiger partial charge in [0.25, 0.3) is 0 Å². The number of fused-ring (bicyclic) bond motifs is 1. The van der Waals surface area contributed by atoms with E-state index in [0.717, 1.165) is 57.7 Å². The molecule has 2 amide bonds. The fourth-order valence-corrected chi connectivity index (χ4v) is 5.23. The average molecular weight is 392 g/mol. The number of amides is 2. The van der Waals surface area contributed by atoms with E-state index in [2.05, 4.69) is 51.5 Å². The van der Waals surface area contributed by atoms with Crippen molar-refractivity contribution in [1.82, 2.24) is 9.80 Å². The van der Waals surface area contributed by atoms with Gasteiger partial charge in [-0.15, -0.1) is 0 Å². The van der Waals surface area contributed by atoms with Gasteiger partial charge in [0, 0.05) is 49.6 Å². The highest BCUT2D eigenvalue weighted by atomic mass is 16.5. The number of anilines is 1. The molecule has 152 valence electrons. The van der Waals surface area contributed by atoms with Crippen LogP contribution >= 0.6 is 0 Å². The van der Waals surface area contributed by atoms with Crippen molar-refractivity contribution >= 4 is 11.7 Å². The number of rotatable bonds is 3. The van der Waals surface area contributed by atoms with Crippen LogP contribution in [0.15, 0.2) is 54.6 Å². The van der Waals surface area contributed by atoms with Crippen LogP contribution in [-0.4, -0.2) is 54.2 Å². The molecule has 3 aliphatic rings. The van der Waals surface area contributed by atoms with E-state index < -0.39 is 0 Å². The van der Waals surface area contributed by atoms with Crippen molar-refractivity contribution in [3.8, 4) is 0 Å². The molecule has 3 heterocycles. The summed E-state index contributed by atoms with van der Waals surface area (Å²) in [6.45, 7) is 3.88. The SMILES string of the molecule is O=C1Nc2ccccc2C(c2ccccc2)N1C1CCN(C2CCOCC2)CC1. The highest BCUT2D eigenvalue weighted by Crippen LogP contribution is 2.40. The van der Waals surface area contributed by atoms with Crippen molar-refractivity contribution in [2.24, 2.45) is 0 Å². The number of carbonyl (C=O) groups is 1. The van der Waals surface area contributed by atoms with Crippen LogP contribution in [0.4, 0.5) is 10.5 Å². The molecule has 2 aromatic carbocycles. The molecule has 5 rings (SSSR count). The topological polar surface area (TPSA) is 44.8 Å². The van der Waals surface area contributed by atoms with Gasteiger partial charge in [-0.2, -0.15) is 0 Å². The predicted octanol–water partition coefficient (Wildman–Crippen LogP) is 4.27. The highest BCUT2D eigenvalue weighted by molar-refractivity contribution is 5.93. The van der Waals surface area contributed by atoms with Crippen LogP contribution in [0.1, 0.15) is 42.9 Å². The summed E-state index contributed by atoms with van der Waals surface area (Å²) in [5, 5.41) is 3.14. The van der Waals surface area contributed by atoms with Gasteiger partial charge in [-0.05, 0) is 37.3 Å². The van der Waals surface area contributed by atoms with Gasteiger partial charge in [-0.3, -0.25) is 0 Å². The molecular formula is C24H29N3O2. The van der Waals surface area contributed by atoms with Gasteiger partial charge in [-0.25, -0.2) is 4.79 Å². The number of hydrogen-bond donors (Lipinski definition) is 1. The van der Waals surface area contributed by atoms with E-state index in [1.807, 2.05) is 18.2 Å². The van der Waals surface area contributed by atoms with E-state index in [4.69, 9.17) is 4.74 Å². The molecule has 0 bridgehead atoms. The highest BCUT2D eigenvalue weighted by Gasteiger charge is 2.39. The molecule has 2 saturated heterocycles. The van der Waals surface area contributed by atoms with E-state index in [9.17, 15) is 4.79 Å². The summed E-state index contributed by atoms with van der Waals surface area (Å²) in [6, 6.07) is 19.6. The number of hydrogen-bond acceptors (Lipinski definition) is 3. The number of benzene rings is 2. The van der Waals surface area contributed by atoms with Gasteiger partial charge >= 0.3 is 6.03 Å². The summed E-state index contributed by atoms with van der Waals surface area (Å²) in [7, 11) is 0. The molecular weight excluding hydrogens is 362 g/mol. The molecule has 5 nitrogen and oxygen atoms in total. The second-order valence-corrected chi connectivity index (χ2v) is 8.35. The number of nitrogens with zero attached hydrogens (tertiary/aromatic N) is 2. The molecule has 1 atom stereocenters. The minimum absolute atomic E-state index is 0.0271. The Hall–Kier alpha value is -2.37. The summed E-state index contributed by atoms with van der Waals surface area (Å²) >= 11 is 0. The largest absolute Gasteiger partial charge is 0.381 e. The third-order valence-electron chi connectivity index (χ3n) is 6.72. The Morgan fingerprint density at radius 3 is 2.28 bits per heavy atom. The maximum absolute atomic E-state index is 13.2. The monoisotopic (exact) mass is 391 g/mol. The lowest BCUT2D eigenvalue weighted by Crippen LogP contribution is -2.54. The molecule has 1 N–H and O–H groups in total. The van der Waals surface area contributed by atoms with Crippen molar-refractivity contribution < 1.29 is 9.53 Å². The maximum atomic E-state index is 13.2. The van der Waals surface area contributed by atoms with Crippen molar-refractivity contribution in [3.05, 3.63) is 65.7 Å². The number of piperidine rings is 1. The molecule has 5 heteroatoms. The van der Waals surface area contributed by atoms with E-state index in [1.54, 1.807) is 0 Å². The second kappa shape index (κ2) is 8.17.